The number of aryl methyl sites for hydroxylation is 1. The van der Waals surface area contributed by atoms with Gasteiger partial charge in [-0.25, -0.2) is 9.97 Å². The van der Waals surface area contributed by atoms with Crippen molar-refractivity contribution in [3.63, 3.8) is 0 Å². The summed E-state index contributed by atoms with van der Waals surface area (Å²) in [4.78, 5) is 8.67. The number of rotatable bonds is 6. The summed E-state index contributed by atoms with van der Waals surface area (Å²) in [6.45, 7) is 9.66. The molecular weight excluding hydrogens is 198 g/mol. The van der Waals surface area contributed by atoms with E-state index in [1.165, 1.54) is 6.42 Å². The standard InChI is InChI=1S/C13H23N3/c1-5-8-14-10(3)12(6-2)13-7-9-15-11(4)16-13/h7,9-10,12,14H,5-6,8H2,1-4H3. The molecule has 0 radical (unpaired) electrons. The molecule has 1 heterocycles. The predicted octanol–water partition coefficient (Wildman–Crippen LogP) is 2.67. The molecule has 90 valence electrons. The van der Waals surface area contributed by atoms with Gasteiger partial charge in [0.25, 0.3) is 0 Å². The van der Waals surface area contributed by atoms with Crippen molar-refractivity contribution in [1.82, 2.24) is 15.3 Å². The molecule has 2 atom stereocenters. The Hall–Kier alpha value is -0.960. The van der Waals surface area contributed by atoms with Crippen LogP contribution in [0.25, 0.3) is 0 Å². The van der Waals surface area contributed by atoms with Crippen LogP contribution in [0.1, 0.15) is 51.0 Å². The van der Waals surface area contributed by atoms with Crippen molar-refractivity contribution in [2.45, 2.75) is 52.5 Å². The van der Waals surface area contributed by atoms with Crippen LogP contribution >= 0.6 is 0 Å². The van der Waals surface area contributed by atoms with Crippen molar-refractivity contribution in [2.24, 2.45) is 0 Å². The number of nitrogens with zero attached hydrogens (tertiary/aromatic N) is 2. The minimum Gasteiger partial charge on any atom is -0.314 e. The van der Waals surface area contributed by atoms with Gasteiger partial charge in [-0.15, -0.1) is 0 Å². The average molecular weight is 221 g/mol. The van der Waals surface area contributed by atoms with Crippen molar-refractivity contribution in [3.8, 4) is 0 Å². The lowest BCUT2D eigenvalue weighted by molar-refractivity contribution is 0.442. The normalized spacial score (nSPS) is 14.8. The highest BCUT2D eigenvalue weighted by Crippen LogP contribution is 2.21. The summed E-state index contributed by atoms with van der Waals surface area (Å²) in [7, 11) is 0. The molecule has 2 unspecified atom stereocenters. The minimum atomic E-state index is 0.472. The van der Waals surface area contributed by atoms with E-state index in [0.29, 0.717) is 12.0 Å². The third-order valence-corrected chi connectivity index (χ3v) is 2.94. The fraction of sp³-hybridized carbons (Fsp3) is 0.692. The number of hydrogen-bond donors (Lipinski definition) is 1. The van der Waals surface area contributed by atoms with Gasteiger partial charge in [0.2, 0.25) is 0 Å². The molecule has 1 aromatic heterocycles. The maximum absolute atomic E-state index is 4.52. The van der Waals surface area contributed by atoms with Crippen LogP contribution in [0.4, 0.5) is 0 Å². The first-order chi connectivity index (χ1) is 7.69. The van der Waals surface area contributed by atoms with Crippen molar-refractivity contribution >= 4 is 0 Å². The maximum Gasteiger partial charge on any atom is 0.125 e. The Balaban J connectivity index is 2.73. The lowest BCUT2D eigenvalue weighted by Crippen LogP contribution is -2.33. The van der Waals surface area contributed by atoms with Gasteiger partial charge in [0.05, 0.1) is 0 Å². The van der Waals surface area contributed by atoms with Crippen LogP contribution in [0.2, 0.25) is 0 Å². The molecule has 3 heteroatoms. The molecule has 1 rings (SSSR count). The van der Waals surface area contributed by atoms with Gasteiger partial charge in [0, 0.05) is 23.9 Å². The van der Waals surface area contributed by atoms with Gasteiger partial charge in [-0.2, -0.15) is 0 Å². The number of aromatic nitrogens is 2. The monoisotopic (exact) mass is 221 g/mol. The van der Waals surface area contributed by atoms with Gasteiger partial charge in [-0.05, 0) is 39.3 Å². The zero-order valence-electron chi connectivity index (χ0n) is 10.8. The first-order valence-electron chi connectivity index (χ1n) is 6.22. The Morgan fingerprint density at radius 3 is 2.69 bits per heavy atom. The molecule has 16 heavy (non-hydrogen) atoms. The predicted molar refractivity (Wildman–Crippen MR) is 67.6 cm³/mol. The molecule has 1 N–H and O–H groups in total. The number of nitrogens with one attached hydrogen (secondary N) is 1. The van der Waals surface area contributed by atoms with Crippen molar-refractivity contribution in [2.75, 3.05) is 6.54 Å². The van der Waals surface area contributed by atoms with Crippen LogP contribution in [0.3, 0.4) is 0 Å². The van der Waals surface area contributed by atoms with Gasteiger partial charge >= 0.3 is 0 Å². The second-order valence-electron chi connectivity index (χ2n) is 4.29. The van der Waals surface area contributed by atoms with Crippen LogP contribution in [0, 0.1) is 6.92 Å². The van der Waals surface area contributed by atoms with E-state index in [2.05, 4.69) is 36.1 Å². The minimum absolute atomic E-state index is 0.472. The van der Waals surface area contributed by atoms with Crippen LogP contribution in [-0.4, -0.2) is 22.6 Å². The van der Waals surface area contributed by atoms with Crippen molar-refractivity contribution < 1.29 is 0 Å². The molecule has 0 amide bonds. The lowest BCUT2D eigenvalue weighted by atomic mass is 9.94. The van der Waals surface area contributed by atoms with Gasteiger partial charge in [-0.1, -0.05) is 13.8 Å². The quantitative estimate of drug-likeness (QED) is 0.802. The summed E-state index contributed by atoms with van der Waals surface area (Å²) in [5, 5.41) is 3.54. The van der Waals surface area contributed by atoms with E-state index in [1.54, 1.807) is 0 Å². The summed E-state index contributed by atoms with van der Waals surface area (Å²) in [5.41, 5.74) is 1.16. The average Bonchev–Trinajstić information content (AvgIpc) is 2.27. The first-order valence-corrected chi connectivity index (χ1v) is 6.22. The highest BCUT2D eigenvalue weighted by Gasteiger charge is 2.18. The van der Waals surface area contributed by atoms with Crippen LogP contribution in [-0.2, 0) is 0 Å². The highest BCUT2D eigenvalue weighted by molar-refractivity contribution is 5.10. The topological polar surface area (TPSA) is 37.8 Å². The first kappa shape index (κ1) is 13.1. The van der Waals surface area contributed by atoms with Crippen molar-refractivity contribution in [1.29, 1.82) is 0 Å². The third-order valence-electron chi connectivity index (χ3n) is 2.94. The zero-order valence-corrected chi connectivity index (χ0v) is 10.8. The second-order valence-corrected chi connectivity index (χ2v) is 4.29. The lowest BCUT2D eigenvalue weighted by Gasteiger charge is -2.23. The molecule has 0 aromatic carbocycles. The van der Waals surface area contributed by atoms with Gasteiger partial charge in [0.15, 0.2) is 0 Å². The Labute approximate surface area is 98.7 Å². The largest absolute Gasteiger partial charge is 0.314 e. The molecule has 3 nitrogen and oxygen atoms in total. The fourth-order valence-corrected chi connectivity index (χ4v) is 2.01. The van der Waals surface area contributed by atoms with E-state index >= 15 is 0 Å². The summed E-state index contributed by atoms with van der Waals surface area (Å²) >= 11 is 0. The van der Waals surface area contributed by atoms with Crippen LogP contribution in [0.5, 0.6) is 0 Å². The zero-order chi connectivity index (χ0) is 12.0. The van der Waals surface area contributed by atoms with Crippen molar-refractivity contribution in [3.05, 3.63) is 23.8 Å². The smallest absolute Gasteiger partial charge is 0.125 e. The van der Waals surface area contributed by atoms with E-state index in [0.717, 1.165) is 24.5 Å². The molecular formula is C13H23N3. The fourth-order valence-electron chi connectivity index (χ4n) is 2.01. The Kier molecular flexibility index (Phi) is 5.39. The molecule has 1 aromatic rings. The molecule has 0 aliphatic heterocycles. The molecule has 0 saturated carbocycles. The highest BCUT2D eigenvalue weighted by atomic mass is 14.9. The Morgan fingerprint density at radius 1 is 1.38 bits per heavy atom. The van der Waals surface area contributed by atoms with E-state index < -0.39 is 0 Å². The molecule has 0 fully saturated rings. The van der Waals surface area contributed by atoms with E-state index in [4.69, 9.17) is 0 Å². The molecule has 0 spiro atoms. The summed E-state index contributed by atoms with van der Waals surface area (Å²) in [5.74, 6) is 1.34. The van der Waals surface area contributed by atoms with E-state index in [9.17, 15) is 0 Å². The third kappa shape index (κ3) is 3.56. The van der Waals surface area contributed by atoms with E-state index in [1.807, 2.05) is 19.2 Å². The van der Waals surface area contributed by atoms with Crippen LogP contribution < -0.4 is 5.32 Å². The second kappa shape index (κ2) is 6.59. The SMILES string of the molecule is CCCNC(C)C(CC)c1ccnc(C)n1. The Morgan fingerprint density at radius 2 is 2.12 bits per heavy atom. The summed E-state index contributed by atoms with van der Waals surface area (Å²) in [6, 6.07) is 2.50. The van der Waals surface area contributed by atoms with Gasteiger partial charge in [0.1, 0.15) is 5.82 Å². The molecule has 0 aliphatic rings. The summed E-state index contributed by atoms with van der Waals surface area (Å²) < 4.78 is 0. The Bertz CT molecular complexity index is 312. The maximum atomic E-state index is 4.52. The molecule has 0 aliphatic carbocycles. The number of hydrogen-bond acceptors (Lipinski definition) is 3. The molecule has 0 bridgehead atoms. The van der Waals surface area contributed by atoms with Gasteiger partial charge in [-0.3, -0.25) is 0 Å². The van der Waals surface area contributed by atoms with Crippen LogP contribution in [0.15, 0.2) is 12.3 Å². The molecule has 0 saturated heterocycles. The van der Waals surface area contributed by atoms with E-state index in [-0.39, 0.29) is 0 Å². The van der Waals surface area contributed by atoms with Gasteiger partial charge < -0.3 is 5.32 Å². The summed E-state index contributed by atoms with van der Waals surface area (Å²) in [6.07, 6.45) is 4.13.